The van der Waals surface area contributed by atoms with Crippen LogP contribution >= 0.6 is 0 Å². The van der Waals surface area contributed by atoms with Crippen molar-refractivity contribution in [2.24, 2.45) is 5.41 Å². The van der Waals surface area contributed by atoms with Crippen LogP contribution in [-0.2, 0) is 17.5 Å². The van der Waals surface area contributed by atoms with Crippen molar-refractivity contribution in [3.63, 3.8) is 0 Å². The maximum absolute atomic E-state index is 12.7. The second kappa shape index (κ2) is 7.50. The minimum absolute atomic E-state index is 0.126. The van der Waals surface area contributed by atoms with E-state index in [1.165, 1.54) is 12.1 Å². The number of alkyl halides is 3. The predicted molar refractivity (Wildman–Crippen MR) is 106 cm³/mol. The number of hydrogen-bond donors (Lipinski definition) is 1. The van der Waals surface area contributed by atoms with Gasteiger partial charge < -0.3 is 9.88 Å². The largest absolute Gasteiger partial charge is 0.416 e. The molecule has 29 heavy (non-hydrogen) atoms. The van der Waals surface area contributed by atoms with E-state index in [2.05, 4.69) is 15.3 Å². The van der Waals surface area contributed by atoms with Crippen LogP contribution in [0.2, 0.25) is 0 Å². The zero-order valence-electron chi connectivity index (χ0n) is 16.8. The number of benzene rings is 1. The third-order valence-electron chi connectivity index (χ3n) is 4.34. The van der Waals surface area contributed by atoms with Crippen LogP contribution in [0, 0.1) is 12.3 Å². The molecule has 8 heteroatoms. The number of rotatable bonds is 4. The summed E-state index contributed by atoms with van der Waals surface area (Å²) in [7, 11) is 0. The van der Waals surface area contributed by atoms with E-state index in [9.17, 15) is 18.0 Å². The highest BCUT2D eigenvalue weighted by atomic mass is 19.4. The number of halogens is 3. The molecule has 2 heterocycles. The molecule has 1 amide bonds. The average molecular weight is 404 g/mol. The van der Waals surface area contributed by atoms with Crippen molar-refractivity contribution in [3.8, 4) is 0 Å². The summed E-state index contributed by atoms with van der Waals surface area (Å²) in [6.45, 7) is 8.07. The molecule has 2 aromatic heterocycles. The van der Waals surface area contributed by atoms with Gasteiger partial charge in [0.1, 0.15) is 5.52 Å². The number of carbonyl (C=O) groups is 1. The number of fused-ring (bicyclic) bond motifs is 1. The summed E-state index contributed by atoms with van der Waals surface area (Å²) in [5.74, 6) is 0.289. The van der Waals surface area contributed by atoms with Crippen LogP contribution < -0.4 is 5.32 Å². The van der Waals surface area contributed by atoms with Crippen molar-refractivity contribution in [1.82, 2.24) is 14.5 Å². The lowest BCUT2D eigenvalue weighted by Crippen LogP contribution is -2.21. The Morgan fingerprint density at radius 1 is 1.07 bits per heavy atom. The van der Waals surface area contributed by atoms with Gasteiger partial charge in [0.15, 0.2) is 11.5 Å². The SMILES string of the molecule is Cc1nc2c(ccn2Cc2ccc(C(F)(F)F)cc2)nc1NC(=O)CC(C)(C)C. The predicted octanol–water partition coefficient (Wildman–Crippen LogP) is 5.18. The Morgan fingerprint density at radius 2 is 1.72 bits per heavy atom. The lowest BCUT2D eigenvalue weighted by Gasteiger charge is -2.17. The summed E-state index contributed by atoms with van der Waals surface area (Å²) in [5.41, 5.74) is 1.69. The lowest BCUT2D eigenvalue weighted by molar-refractivity contribution is -0.137. The van der Waals surface area contributed by atoms with Gasteiger partial charge in [0.25, 0.3) is 0 Å². The third kappa shape index (κ3) is 5.13. The molecular formula is C21H23F3N4O. The minimum atomic E-state index is -4.35. The molecule has 154 valence electrons. The third-order valence-corrected chi connectivity index (χ3v) is 4.34. The summed E-state index contributed by atoms with van der Waals surface area (Å²) < 4.78 is 40.0. The molecular weight excluding hydrogens is 381 g/mol. The number of aromatic nitrogens is 3. The van der Waals surface area contributed by atoms with Crippen LogP contribution in [0.3, 0.4) is 0 Å². The molecule has 0 aliphatic rings. The van der Waals surface area contributed by atoms with Gasteiger partial charge in [-0.3, -0.25) is 4.79 Å². The van der Waals surface area contributed by atoms with Gasteiger partial charge in [-0.1, -0.05) is 32.9 Å². The fourth-order valence-corrected chi connectivity index (χ4v) is 2.97. The maximum atomic E-state index is 12.7. The van der Waals surface area contributed by atoms with E-state index in [1.807, 2.05) is 25.3 Å². The van der Waals surface area contributed by atoms with Crippen LogP contribution in [0.25, 0.3) is 11.2 Å². The molecule has 1 aromatic carbocycles. The topological polar surface area (TPSA) is 59.8 Å². The van der Waals surface area contributed by atoms with Gasteiger partial charge in [-0.05, 0) is 36.1 Å². The molecule has 5 nitrogen and oxygen atoms in total. The highest BCUT2D eigenvalue weighted by molar-refractivity contribution is 5.91. The van der Waals surface area contributed by atoms with E-state index in [-0.39, 0.29) is 11.3 Å². The summed E-state index contributed by atoms with van der Waals surface area (Å²) in [6.07, 6.45) is -2.21. The molecule has 0 aliphatic carbocycles. The van der Waals surface area contributed by atoms with E-state index in [0.29, 0.717) is 35.6 Å². The number of amides is 1. The Hall–Kier alpha value is -2.90. The Kier molecular flexibility index (Phi) is 5.38. The Morgan fingerprint density at radius 3 is 2.31 bits per heavy atom. The number of nitrogens with zero attached hydrogens (tertiary/aromatic N) is 3. The molecule has 0 aliphatic heterocycles. The Bertz CT molecular complexity index is 1030. The molecule has 0 atom stereocenters. The van der Waals surface area contributed by atoms with E-state index in [1.54, 1.807) is 19.2 Å². The smallest absolute Gasteiger partial charge is 0.327 e. The summed E-state index contributed by atoms with van der Waals surface area (Å²) in [6, 6.07) is 6.82. The van der Waals surface area contributed by atoms with Gasteiger partial charge in [0.05, 0.1) is 11.3 Å². The van der Waals surface area contributed by atoms with Gasteiger partial charge in [0.2, 0.25) is 5.91 Å². The lowest BCUT2D eigenvalue weighted by atomic mass is 9.92. The maximum Gasteiger partial charge on any atom is 0.416 e. The fourth-order valence-electron chi connectivity index (χ4n) is 2.97. The summed E-state index contributed by atoms with van der Waals surface area (Å²) >= 11 is 0. The number of carbonyl (C=O) groups excluding carboxylic acids is 1. The zero-order chi connectivity index (χ0) is 21.4. The highest BCUT2D eigenvalue weighted by Crippen LogP contribution is 2.29. The van der Waals surface area contributed by atoms with E-state index in [4.69, 9.17) is 0 Å². The van der Waals surface area contributed by atoms with Crippen LogP contribution in [0.4, 0.5) is 19.0 Å². The zero-order valence-corrected chi connectivity index (χ0v) is 16.8. The molecule has 0 radical (unpaired) electrons. The summed E-state index contributed by atoms with van der Waals surface area (Å²) in [5, 5.41) is 2.81. The number of nitrogens with one attached hydrogen (secondary N) is 1. The first-order valence-electron chi connectivity index (χ1n) is 9.22. The first-order valence-corrected chi connectivity index (χ1v) is 9.22. The Labute approximate surface area is 167 Å². The van der Waals surface area contributed by atoms with Gasteiger partial charge in [-0.2, -0.15) is 13.2 Å². The Balaban J connectivity index is 1.81. The first-order chi connectivity index (χ1) is 13.4. The molecule has 3 aromatic rings. The van der Waals surface area contributed by atoms with Crippen LogP contribution in [-0.4, -0.2) is 20.4 Å². The number of anilines is 1. The molecule has 0 unspecified atom stereocenters. The molecule has 0 bridgehead atoms. The first kappa shape index (κ1) is 20.8. The van der Waals surface area contributed by atoms with Gasteiger partial charge in [-0.25, -0.2) is 9.97 Å². The van der Waals surface area contributed by atoms with Gasteiger partial charge in [0, 0.05) is 19.2 Å². The van der Waals surface area contributed by atoms with Crippen molar-refractivity contribution in [2.45, 2.75) is 46.8 Å². The molecule has 0 fully saturated rings. The van der Waals surface area contributed by atoms with Crippen LogP contribution in [0.1, 0.15) is 44.0 Å². The van der Waals surface area contributed by atoms with Crippen molar-refractivity contribution >= 4 is 22.9 Å². The molecule has 0 saturated carbocycles. The van der Waals surface area contributed by atoms with E-state index in [0.717, 1.165) is 17.7 Å². The van der Waals surface area contributed by atoms with Gasteiger partial charge >= 0.3 is 6.18 Å². The molecule has 0 spiro atoms. The second-order valence-corrected chi connectivity index (χ2v) is 8.29. The highest BCUT2D eigenvalue weighted by Gasteiger charge is 2.29. The monoisotopic (exact) mass is 404 g/mol. The van der Waals surface area contributed by atoms with E-state index >= 15 is 0 Å². The van der Waals surface area contributed by atoms with Gasteiger partial charge in [-0.15, -0.1) is 0 Å². The normalized spacial score (nSPS) is 12.4. The minimum Gasteiger partial charge on any atom is -0.327 e. The average Bonchev–Trinajstić information content (AvgIpc) is 2.95. The van der Waals surface area contributed by atoms with Crippen LogP contribution in [0.5, 0.6) is 0 Å². The van der Waals surface area contributed by atoms with E-state index < -0.39 is 11.7 Å². The fraction of sp³-hybridized carbons (Fsp3) is 0.381. The number of hydrogen-bond acceptors (Lipinski definition) is 3. The standard InChI is InChI=1S/C21H23F3N4O/c1-13-18(27-17(29)11-20(2,3)4)26-16-9-10-28(19(16)25-13)12-14-5-7-15(8-6-14)21(22,23)24/h5-10H,11-12H2,1-4H3,(H,26,27,29). The quantitative estimate of drug-likeness (QED) is 0.652. The molecule has 0 saturated heterocycles. The second-order valence-electron chi connectivity index (χ2n) is 8.29. The van der Waals surface area contributed by atoms with Crippen molar-refractivity contribution in [1.29, 1.82) is 0 Å². The number of aryl methyl sites for hydroxylation is 1. The van der Waals surface area contributed by atoms with Crippen molar-refractivity contribution in [3.05, 3.63) is 53.3 Å². The summed E-state index contributed by atoms with van der Waals surface area (Å²) in [4.78, 5) is 21.2. The van der Waals surface area contributed by atoms with Crippen molar-refractivity contribution < 1.29 is 18.0 Å². The van der Waals surface area contributed by atoms with Crippen LogP contribution in [0.15, 0.2) is 36.5 Å². The molecule has 3 rings (SSSR count). The molecule has 1 N–H and O–H groups in total. The van der Waals surface area contributed by atoms with Crippen molar-refractivity contribution in [2.75, 3.05) is 5.32 Å².